The van der Waals surface area contributed by atoms with Gasteiger partial charge in [-0.15, -0.1) is 0 Å². The van der Waals surface area contributed by atoms with Crippen LogP contribution in [0.4, 0.5) is 0 Å². The van der Waals surface area contributed by atoms with Crippen LogP contribution < -0.4 is 0 Å². The van der Waals surface area contributed by atoms with Crippen LogP contribution in [0, 0.1) is 5.41 Å². The molecule has 4 heteroatoms. The standard InChI is InChI=1S/C10H10O4/c11-7-5-9-3-1-2-4-10(9,14-7)6-13-8(9)12/h1,3H,2,4-6H2. The van der Waals surface area contributed by atoms with Crippen molar-refractivity contribution in [1.82, 2.24) is 0 Å². The summed E-state index contributed by atoms with van der Waals surface area (Å²) in [6, 6.07) is 0. The molecule has 2 saturated heterocycles. The number of carbonyl (C=O) groups excluding carboxylic acids is 2. The van der Waals surface area contributed by atoms with Gasteiger partial charge >= 0.3 is 11.9 Å². The maximum atomic E-state index is 11.6. The summed E-state index contributed by atoms with van der Waals surface area (Å²) < 4.78 is 10.3. The molecule has 2 fully saturated rings. The minimum atomic E-state index is -0.803. The van der Waals surface area contributed by atoms with E-state index in [-0.39, 0.29) is 25.0 Å². The first-order valence-electron chi connectivity index (χ1n) is 4.75. The molecule has 0 aromatic rings. The topological polar surface area (TPSA) is 52.6 Å². The van der Waals surface area contributed by atoms with Crippen molar-refractivity contribution in [3.63, 3.8) is 0 Å². The Hall–Kier alpha value is -1.32. The van der Waals surface area contributed by atoms with Gasteiger partial charge in [-0.1, -0.05) is 12.2 Å². The van der Waals surface area contributed by atoms with E-state index < -0.39 is 11.0 Å². The van der Waals surface area contributed by atoms with Crippen LogP contribution in [0.25, 0.3) is 0 Å². The molecule has 0 aromatic carbocycles. The summed E-state index contributed by atoms with van der Waals surface area (Å²) in [5.41, 5.74) is -1.49. The summed E-state index contributed by atoms with van der Waals surface area (Å²) in [6.07, 6.45) is 5.42. The number of esters is 2. The van der Waals surface area contributed by atoms with Crippen LogP contribution in [0.15, 0.2) is 12.2 Å². The molecule has 0 aromatic heterocycles. The molecule has 3 rings (SSSR count). The Bertz CT molecular complexity index is 355. The molecule has 0 bridgehead atoms. The third-order valence-corrected chi connectivity index (χ3v) is 3.46. The summed E-state index contributed by atoms with van der Waals surface area (Å²) in [6.45, 7) is 0.224. The molecule has 1 aliphatic carbocycles. The second kappa shape index (κ2) is 2.19. The number of hydrogen-bond acceptors (Lipinski definition) is 4. The van der Waals surface area contributed by atoms with Gasteiger partial charge in [0.2, 0.25) is 0 Å². The minimum Gasteiger partial charge on any atom is -0.461 e. The van der Waals surface area contributed by atoms with Gasteiger partial charge in [-0.2, -0.15) is 0 Å². The van der Waals surface area contributed by atoms with E-state index in [2.05, 4.69) is 0 Å². The Morgan fingerprint density at radius 3 is 3.00 bits per heavy atom. The highest BCUT2D eigenvalue weighted by Crippen LogP contribution is 2.55. The molecule has 0 amide bonds. The highest BCUT2D eigenvalue weighted by molar-refractivity contribution is 5.92. The maximum Gasteiger partial charge on any atom is 0.320 e. The summed E-state index contributed by atoms with van der Waals surface area (Å²) >= 11 is 0. The molecule has 2 unspecified atom stereocenters. The lowest BCUT2D eigenvalue weighted by atomic mass is 9.68. The third kappa shape index (κ3) is 0.669. The van der Waals surface area contributed by atoms with Gasteiger partial charge in [-0.25, -0.2) is 0 Å². The van der Waals surface area contributed by atoms with Gasteiger partial charge in [0, 0.05) is 0 Å². The molecule has 4 nitrogen and oxygen atoms in total. The Balaban J connectivity index is 2.18. The predicted molar refractivity (Wildman–Crippen MR) is 45.2 cm³/mol. The normalized spacial score (nSPS) is 44.3. The molecule has 2 aliphatic heterocycles. The number of allylic oxidation sites excluding steroid dienone is 1. The van der Waals surface area contributed by atoms with Crippen LogP contribution in [0.1, 0.15) is 19.3 Å². The molecule has 3 aliphatic rings. The van der Waals surface area contributed by atoms with Crippen molar-refractivity contribution in [2.45, 2.75) is 24.9 Å². The first kappa shape index (κ1) is 8.03. The highest BCUT2D eigenvalue weighted by Gasteiger charge is 2.69. The van der Waals surface area contributed by atoms with Gasteiger partial charge in [-0.05, 0) is 12.8 Å². The molecular formula is C10H10O4. The third-order valence-electron chi connectivity index (χ3n) is 3.46. The smallest absolute Gasteiger partial charge is 0.320 e. The van der Waals surface area contributed by atoms with Crippen LogP contribution in [-0.2, 0) is 19.1 Å². The number of hydrogen-bond donors (Lipinski definition) is 0. The van der Waals surface area contributed by atoms with Gasteiger partial charge in [0.05, 0.1) is 6.42 Å². The Labute approximate surface area is 80.9 Å². The second-order valence-electron chi connectivity index (χ2n) is 4.13. The zero-order valence-electron chi connectivity index (χ0n) is 7.62. The summed E-state index contributed by atoms with van der Waals surface area (Å²) in [5, 5.41) is 0. The number of cyclic esters (lactones) is 1. The highest BCUT2D eigenvalue weighted by atomic mass is 16.6. The van der Waals surface area contributed by atoms with E-state index in [1.807, 2.05) is 6.08 Å². The molecule has 2 atom stereocenters. The summed E-state index contributed by atoms with van der Waals surface area (Å²) in [5.74, 6) is -0.590. The number of rotatable bonds is 0. The van der Waals surface area contributed by atoms with Crippen molar-refractivity contribution >= 4 is 11.9 Å². The summed E-state index contributed by atoms with van der Waals surface area (Å²) in [4.78, 5) is 22.9. The van der Waals surface area contributed by atoms with Gasteiger partial charge in [0.1, 0.15) is 12.0 Å². The molecular weight excluding hydrogens is 184 g/mol. The lowest BCUT2D eigenvalue weighted by Gasteiger charge is -2.33. The van der Waals surface area contributed by atoms with Crippen molar-refractivity contribution in [2.24, 2.45) is 5.41 Å². The Morgan fingerprint density at radius 1 is 1.36 bits per heavy atom. The van der Waals surface area contributed by atoms with Gasteiger partial charge in [0.15, 0.2) is 5.60 Å². The second-order valence-corrected chi connectivity index (χ2v) is 4.13. The fourth-order valence-electron chi connectivity index (χ4n) is 2.69. The molecule has 0 saturated carbocycles. The van der Waals surface area contributed by atoms with Crippen molar-refractivity contribution < 1.29 is 19.1 Å². The zero-order chi connectivity index (χ0) is 9.81. The maximum absolute atomic E-state index is 11.6. The van der Waals surface area contributed by atoms with Gasteiger partial charge in [-0.3, -0.25) is 9.59 Å². The molecule has 74 valence electrons. The monoisotopic (exact) mass is 194 g/mol. The lowest BCUT2D eigenvalue weighted by Crippen LogP contribution is -2.46. The predicted octanol–water partition coefficient (Wildman–Crippen LogP) is 0.565. The SMILES string of the molecule is O=C1CC23C=CCCC2(COC3=O)O1. The van der Waals surface area contributed by atoms with E-state index in [0.29, 0.717) is 6.42 Å². The Kier molecular flexibility index (Phi) is 1.25. The van der Waals surface area contributed by atoms with Crippen molar-refractivity contribution in [3.8, 4) is 0 Å². The van der Waals surface area contributed by atoms with Crippen LogP contribution in [0.3, 0.4) is 0 Å². The molecule has 0 radical (unpaired) electrons. The largest absolute Gasteiger partial charge is 0.461 e. The van der Waals surface area contributed by atoms with E-state index in [1.165, 1.54) is 0 Å². The van der Waals surface area contributed by atoms with Crippen LogP contribution >= 0.6 is 0 Å². The fraction of sp³-hybridized carbons (Fsp3) is 0.600. The van der Waals surface area contributed by atoms with Crippen LogP contribution in [-0.4, -0.2) is 24.1 Å². The van der Waals surface area contributed by atoms with Gasteiger partial charge in [0.25, 0.3) is 0 Å². The van der Waals surface area contributed by atoms with E-state index in [0.717, 1.165) is 6.42 Å². The Morgan fingerprint density at radius 2 is 2.21 bits per heavy atom. The fourth-order valence-corrected chi connectivity index (χ4v) is 2.69. The van der Waals surface area contributed by atoms with Crippen LogP contribution in [0.5, 0.6) is 0 Å². The van der Waals surface area contributed by atoms with Crippen molar-refractivity contribution in [3.05, 3.63) is 12.2 Å². The van der Waals surface area contributed by atoms with Crippen molar-refractivity contribution in [1.29, 1.82) is 0 Å². The van der Waals surface area contributed by atoms with Gasteiger partial charge < -0.3 is 9.47 Å². The average Bonchev–Trinajstić information content (AvgIpc) is 2.60. The van der Waals surface area contributed by atoms with Crippen molar-refractivity contribution in [2.75, 3.05) is 6.61 Å². The number of carbonyl (C=O) groups is 2. The average molecular weight is 194 g/mol. The van der Waals surface area contributed by atoms with E-state index >= 15 is 0 Å². The quantitative estimate of drug-likeness (QED) is 0.417. The molecule has 14 heavy (non-hydrogen) atoms. The summed E-state index contributed by atoms with van der Waals surface area (Å²) in [7, 11) is 0. The minimum absolute atomic E-state index is 0.141. The first-order valence-corrected chi connectivity index (χ1v) is 4.75. The van der Waals surface area contributed by atoms with E-state index in [9.17, 15) is 9.59 Å². The zero-order valence-corrected chi connectivity index (χ0v) is 7.62. The van der Waals surface area contributed by atoms with E-state index in [4.69, 9.17) is 9.47 Å². The molecule has 0 N–H and O–H groups in total. The number of ether oxygens (including phenoxy) is 2. The molecule has 2 heterocycles. The van der Waals surface area contributed by atoms with E-state index in [1.54, 1.807) is 6.08 Å². The molecule has 0 spiro atoms. The van der Waals surface area contributed by atoms with Crippen LogP contribution in [0.2, 0.25) is 0 Å². The first-order chi connectivity index (χ1) is 6.69. The lowest BCUT2D eigenvalue weighted by molar-refractivity contribution is -0.152.